The first-order valence-electron chi connectivity index (χ1n) is 6.59. The molecule has 2 aromatic rings. The van der Waals surface area contributed by atoms with Gasteiger partial charge in [0.15, 0.2) is 9.84 Å². The Morgan fingerprint density at radius 2 is 1.65 bits per heavy atom. The molecule has 0 spiro atoms. The Morgan fingerprint density at radius 1 is 1.09 bits per heavy atom. The van der Waals surface area contributed by atoms with Crippen LogP contribution in [0.5, 0.6) is 0 Å². The molecule has 23 heavy (non-hydrogen) atoms. The van der Waals surface area contributed by atoms with Crippen molar-refractivity contribution in [3.05, 3.63) is 64.2 Å². The molecule has 0 heterocycles. The van der Waals surface area contributed by atoms with E-state index in [0.29, 0.717) is 11.3 Å². The average Bonchev–Trinajstić information content (AvgIpc) is 2.47. The largest absolute Gasteiger partial charge is 0.326 e. The van der Waals surface area contributed by atoms with Crippen molar-refractivity contribution in [1.82, 2.24) is 0 Å². The third-order valence-electron chi connectivity index (χ3n) is 3.08. The topological polar surface area (TPSA) is 106 Å². The van der Waals surface area contributed by atoms with E-state index < -0.39 is 14.8 Å². The zero-order chi connectivity index (χ0) is 17.0. The summed E-state index contributed by atoms with van der Waals surface area (Å²) in [5.41, 5.74) is 1.06. The van der Waals surface area contributed by atoms with Crippen molar-refractivity contribution in [3.63, 3.8) is 0 Å². The van der Waals surface area contributed by atoms with E-state index in [0.717, 1.165) is 6.26 Å². The molecule has 2 aromatic carbocycles. The van der Waals surface area contributed by atoms with Gasteiger partial charge in [0.2, 0.25) is 5.91 Å². The van der Waals surface area contributed by atoms with Crippen LogP contribution < -0.4 is 5.32 Å². The van der Waals surface area contributed by atoms with Gasteiger partial charge < -0.3 is 5.32 Å². The summed E-state index contributed by atoms with van der Waals surface area (Å²) in [6.45, 7) is 0. The molecule has 0 fully saturated rings. The Labute approximate surface area is 133 Å². The average molecular weight is 334 g/mol. The maximum Gasteiger partial charge on any atom is 0.269 e. The molecule has 0 aromatic heterocycles. The fourth-order valence-corrected chi connectivity index (χ4v) is 2.54. The van der Waals surface area contributed by atoms with Crippen LogP contribution >= 0.6 is 0 Å². The van der Waals surface area contributed by atoms with Crippen molar-refractivity contribution in [2.45, 2.75) is 11.3 Å². The monoisotopic (exact) mass is 334 g/mol. The van der Waals surface area contributed by atoms with Gasteiger partial charge in [-0.25, -0.2) is 8.42 Å². The van der Waals surface area contributed by atoms with Crippen molar-refractivity contribution in [1.29, 1.82) is 0 Å². The van der Waals surface area contributed by atoms with E-state index in [9.17, 15) is 23.3 Å². The second-order valence-corrected chi connectivity index (χ2v) is 6.96. The number of nitro benzene ring substituents is 1. The van der Waals surface area contributed by atoms with E-state index in [-0.39, 0.29) is 22.9 Å². The highest BCUT2D eigenvalue weighted by molar-refractivity contribution is 7.90. The number of hydrogen-bond acceptors (Lipinski definition) is 5. The third kappa shape index (κ3) is 4.62. The third-order valence-corrected chi connectivity index (χ3v) is 4.21. The first kappa shape index (κ1) is 16.6. The molecule has 0 aliphatic rings. The number of carbonyl (C=O) groups excluding carboxylic acids is 1. The highest BCUT2D eigenvalue weighted by atomic mass is 32.2. The lowest BCUT2D eigenvalue weighted by atomic mass is 10.1. The molecule has 1 N–H and O–H groups in total. The molecule has 0 aliphatic carbocycles. The van der Waals surface area contributed by atoms with Crippen LogP contribution in [0.1, 0.15) is 5.56 Å². The van der Waals surface area contributed by atoms with Gasteiger partial charge >= 0.3 is 0 Å². The normalized spacial score (nSPS) is 11.0. The molecule has 1 amide bonds. The summed E-state index contributed by atoms with van der Waals surface area (Å²) >= 11 is 0. The van der Waals surface area contributed by atoms with Crippen LogP contribution in [-0.2, 0) is 21.1 Å². The van der Waals surface area contributed by atoms with Crippen molar-refractivity contribution >= 4 is 27.1 Å². The number of amides is 1. The maximum absolute atomic E-state index is 11.9. The molecule has 120 valence electrons. The van der Waals surface area contributed by atoms with Crippen LogP contribution in [0.2, 0.25) is 0 Å². The summed E-state index contributed by atoms with van der Waals surface area (Å²) in [5, 5.41) is 13.2. The van der Waals surface area contributed by atoms with E-state index in [4.69, 9.17) is 0 Å². The van der Waals surface area contributed by atoms with Crippen LogP contribution in [-0.4, -0.2) is 25.5 Å². The number of nitrogens with zero attached hydrogens (tertiary/aromatic N) is 1. The summed E-state index contributed by atoms with van der Waals surface area (Å²) in [5.74, 6) is -0.300. The highest BCUT2D eigenvalue weighted by Gasteiger charge is 2.09. The molecule has 0 aliphatic heterocycles. The van der Waals surface area contributed by atoms with Crippen LogP contribution in [0, 0.1) is 10.1 Å². The van der Waals surface area contributed by atoms with Crippen molar-refractivity contribution in [2.24, 2.45) is 0 Å². The lowest BCUT2D eigenvalue weighted by Crippen LogP contribution is -2.14. The predicted octanol–water partition coefficient (Wildman–Crippen LogP) is 2.18. The lowest BCUT2D eigenvalue weighted by molar-refractivity contribution is -0.384. The second-order valence-electron chi connectivity index (χ2n) is 4.95. The lowest BCUT2D eigenvalue weighted by Gasteiger charge is -2.06. The molecule has 7 nitrogen and oxygen atoms in total. The van der Waals surface area contributed by atoms with Crippen LogP contribution in [0.3, 0.4) is 0 Å². The summed E-state index contributed by atoms with van der Waals surface area (Å²) in [7, 11) is -3.26. The van der Waals surface area contributed by atoms with Crippen molar-refractivity contribution < 1.29 is 18.1 Å². The Morgan fingerprint density at radius 3 is 2.13 bits per heavy atom. The smallest absolute Gasteiger partial charge is 0.269 e. The van der Waals surface area contributed by atoms with Crippen LogP contribution in [0.4, 0.5) is 11.4 Å². The number of nitrogens with one attached hydrogen (secondary N) is 1. The van der Waals surface area contributed by atoms with Gasteiger partial charge in [0.1, 0.15) is 0 Å². The zero-order valence-electron chi connectivity index (χ0n) is 12.2. The summed E-state index contributed by atoms with van der Waals surface area (Å²) in [4.78, 5) is 22.1. The van der Waals surface area contributed by atoms with Gasteiger partial charge in [-0.3, -0.25) is 14.9 Å². The molecule has 0 saturated carbocycles. The number of benzene rings is 2. The highest BCUT2D eigenvalue weighted by Crippen LogP contribution is 2.16. The fourth-order valence-electron chi connectivity index (χ4n) is 1.91. The molecule has 0 bridgehead atoms. The minimum Gasteiger partial charge on any atom is -0.326 e. The molecular formula is C15H14N2O5S. The van der Waals surface area contributed by atoms with E-state index >= 15 is 0 Å². The van der Waals surface area contributed by atoms with Gasteiger partial charge in [-0.2, -0.15) is 0 Å². The van der Waals surface area contributed by atoms with E-state index in [1.54, 1.807) is 12.1 Å². The quantitative estimate of drug-likeness (QED) is 0.666. The van der Waals surface area contributed by atoms with Crippen molar-refractivity contribution in [2.75, 3.05) is 11.6 Å². The predicted molar refractivity (Wildman–Crippen MR) is 85.0 cm³/mol. The number of carbonyl (C=O) groups is 1. The number of anilines is 1. The summed E-state index contributed by atoms with van der Waals surface area (Å²) in [6, 6.07) is 11.5. The van der Waals surface area contributed by atoms with Gasteiger partial charge in [0.25, 0.3) is 5.69 Å². The van der Waals surface area contributed by atoms with Crippen LogP contribution in [0.15, 0.2) is 53.4 Å². The molecule has 0 atom stereocenters. The molecule has 0 unspecified atom stereocenters. The molecule has 2 rings (SSSR count). The Balaban J connectivity index is 2.00. The number of hydrogen-bond donors (Lipinski definition) is 1. The zero-order valence-corrected chi connectivity index (χ0v) is 13.0. The SMILES string of the molecule is CS(=O)(=O)c1ccc(CC(=O)Nc2ccc([N+](=O)[O-])cc2)cc1. The van der Waals surface area contributed by atoms with Gasteiger partial charge in [0.05, 0.1) is 16.2 Å². The molecule has 8 heteroatoms. The van der Waals surface area contributed by atoms with Gasteiger partial charge in [-0.05, 0) is 29.8 Å². The van der Waals surface area contributed by atoms with Crippen LogP contribution in [0.25, 0.3) is 0 Å². The van der Waals surface area contributed by atoms with E-state index in [1.807, 2.05) is 0 Å². The fraction of sp³-hybridized carbons (Fsp3) is 0.133. The Kier molecular flexibility index (Phi) is 4.75. The minimum atomic E-state index is -3.26. The van der Waals surface area contributed by atoms with Crippen molar-refractivity contribution in [3.8, 4) is 0 Å². The van der Waals surface area contributed by atoms with Gasteiger partial charge in [-0.15, -0.1) is 0 Å². The first-order valence-corrected chi connectivity index (χ1v) is 8.48. The number of rotatable bonds is 5. The Hall–Kier alpha value is -2.74. The van der Waals surface area contributed by atoms with E-state index in [1.165, 1.54) is 36.4 Å². The molecule has 0 saturated heterocycles. The van der Waals surface area contributed by atoms with Gasteiger partial charge in [0, 0.05) is 24.1 Å². The minimum absolute atomic E-state index is 0.0561. The Bertz CT molecular complexity index is 827. The van der Waals surface area contributed by atoms with Gasteiger partial charge in [-0.1, -0.05) is 12.1 Å². The standard InChI is InChI=1S/C15H14N2O5S/c1-23(21,22)14-8-2-11(3-9-14)10-15(18)16-12-4-6-13(7-5-12)17(19)20/h2-9H,10H2,1H3,(H,16,18). The number of nitro groups is 1. The number of sulfone groups is 1. The number of non-ortho nitro benzene ring substituents is 1. The summed E-state index contributed by atoms with van der Waals surface area (Å²) < 4.78 is 22.7. The second kappa shape index (κ2) is 6.57. The first-order chi connectivity index (χ1) is 10.8. The molecule has 0 radical (unpaired) electrons. The maximum atomic E-state index is 11.9. The van der Waals surface area contributed by atoms with E-state index in [2.05, 4.69) is 5.32 Å². The summed E-state index contributed by atoms with van der Waals surface area (Å²) in [6.07, 6.45) is 1.18. The molecular weight excluding hydrogens is 320 g/mol.